The van der Waals surface area contributed by atoms with Gasteiger partial charge in [0, 0.05) is 13.2 Å². The zero-order valence-electron chi connectivity index (χ0n) is 10.4. The fourth-order valence-electron chi connectivity index (χ4n) is 1.57. The molecule has 0 atom stereocenters. The Bertz CT molecular complexity index is 412. The molecule has 2 rings (SSSR count). The maximum atomic E-state index is 11.7. The van der Waals surface area contributed by atoms with Crippen LogP contribution in [0.4, 0.5) is 0 Å². The number of carbonyl (C=O) groups is 1. The average Bonchev–Trinajstić information content (AvgIpc) is 2.95. The van der Waals surface area contributed by atoms with Crippen LogP contribution in [0.2, 0.25) is 0 Å². The quantitative estimate of drug-likeness (QED) is 0.708. The summed E-state index contributed by atoms with van der Waals surface area (Å²) in [6.45, 7) is 3.36. The summed E-state index contributed by atoms with van der Waals surface area (Å²) < 4.78 is 22.3. The summed E-state index contributed by atoms with van der Waals surface area (Å²) in [6.07, 6.45) is 1.16. The number of hydrogen-bond donors (Lipinski definition) is 0. The molecule has 0 spiro atoms. The number of rotatable bonds is 5. The largest absolute Gasteiger partial charge is 0.471 e. The van der Waals surface area contributed by atoms with Crippen LogP contribution in [-0.4, -0.2) is 48.5 Å². The molecule has 0 bridgehead atoms. The Hall–Kier alpha value is -1.60. The van der Waals surface area contributed by atoms with E-state index in [0.29, 0.717) is 25.4 Å². The van der Waals surface area contributed by atoms with Gasteiger partial charge in [-0.05, 0) is 6.92 Å². The summed E-state index contributed by atoms with van der Waals surface area (Å²) in [5, 5.41) is 4.06. The van der Waals surface area contributed by atoms with Crippen LogP contribution < -0.4 is 4.74 Å². The predicted octanol–water partition coefficient (Wildman–Crippen LogP) is 0.349. The van der Waals surface area contributed by atoms with Crippen molar-refractivity contribution in [2.45, 2.75) is 13.2 Å². The number of esters is 1. The molecule has 0 N–H and O–H groups in total. The second-order valence-electron chi connectivity index (χ2n) is 3.72. The van der Waals surface area contributed by atoms with Gasteiger partial charge in [-0.25, -0.2) is 4.79 Å². The van der Waals surface area contributed by atoms with E-state index in [-0.39, 0.29) is 12.5 Å². The van der Waals surface area contributed by atoms with Gasteiger partial charge in [0.15, 0.2) is 6.29 Å². The molecule has 2 heterocycles. The van der Waals surface area contributed by atoms with Gasteiger partial charge in [-0.1, -0.05) is 0 Å². The Kier molecular flexibility index (Phi) is 4.16. The van der Waals surface area contributed by atoms with Crippen LogP contribution in [0.25, 0.3) is 0 Å². The van der Waals surface area contributed by atoms with Crippen LogP contribution in [-0.2, 0) is 21.3 Å². The van der Waals surface area contributed by atoms with E-state index >= 15 is 0 Å². The van der Waals surface area contributed by atoms with Crippen LogP contribution in [0.1, 0.15) is 17.3 Å². The maximum Gasteiger partial charge on any atom is 0.345 e. The Labute approximate surface area is 105 Å². The Morgan fingerprint density at radius 2 is 2.28 bits per heavy atom. The molecular formula is C11H16N2O5. The third kappa shape index (κ3) is 2.99. The summed E-state index contributed by atoms with van der Waals surface area (Å²) in [5.41, 5.74) is 0.303. The predicted molar refractivity (Wildman–Crippen MR) is 60.4 cm³/mol. The minimum absolute atomic E-state index is 0.198. The van der Waals surface area contributed by atoms with E-state index in [0.717, 1.165) is 0 Å². The SMILES string of the molecule is CCOC(=O)c1cn(C)nc1OCC1OCCO1. The van der Waals surface area contributed by atoms with Gasteiger partial charge in [0.25, 0.3) is 0 Å². The number of ether oxygens (including phenoxy) is 4. The number of nitrogens with zero attached hydrogens (tertiary/aromatic N) is 2. The molecule has 0 saturated carbocycles. The summed E-state index contributed by atoms with van der Waals surface area (Å²) in [5.74, 6) is -0.219. The smallest absolute Gasteiger partial charge is 0.345 e. The van der Waals surface area contributed by atoms with Crippen molar-refractivity contribution in [3.63, 3.8) is 0 Å². The van der Waals surface area contributed by atoms with Gasteiger partial charge in [0.2, 0.25) is 5.88 Å². The summed E-state index contributed by atoms with van der Waals surface area (Å²) >= 11 is 0. The zero-order valence-corrected chi connectivity index (χ0v) is 10.4. The molecule has 0 radical (unpaired) electrons. The molecule has 0 aromatic carbocycles. The lowest BCUT2D eigenvalue weighted by atomic mass is 10.3. The van der Waals surface area contributed by atoms with E-state index in [9.17, 15) is 4.79 Å². The summed E-state index contributed by atoms with van der Waals surface area (Å²) in [6, 6.07) is 0. The molecule has 1 aromatic heterocycles. The highest BCUT2D eigenvalue weighted by atomic mass is 16.7. The van der Waals surface area contributed by atoms with Gasteiger partial charge in [-0.15, -0.1) is 5.10 Å². The Morgan fingerprint density at radius 3 is 2.94 bits per heavy atom. The molecular weight excluding hydrogens is 240 g/mol. The van der Waals surface area contributed by atoms with Crippen molar-refractivity contribution >= 4 is 5.97 Å². The molecule has 0 aliphatic carbocycles. The first-order valence-corrected chi connectivity index (χ1v) is 5.77. The van der Waals surface area contributed by atoms with Crippen LogP contribution in [0.3, 0.4) is 0 Å². The molecule has 18 heavy (non-hydrogen) atoms. The molecule has 1 aliphatic heterocycles. The first-order chi connectivity index (χ1) is 8.70. The summed E-state index contributed by atoms with van der Waals surface area (Å²) in [7, 11) is 1.71. The molecule has 1 saturated heterocycles. The zero-order chi connectivity index (χ0) is 13.0. The van der Waals surface area contributed by atoms with E-state index in [1.807, 2.05) is 0 Å². The minimum Gasteiger partial charge on any atom is -0.471 e. The second-order valence-corrected chi connectivity index (χ2v) is 3.72. The van der Waals surface area contributed by atoms with Crippen molar-refractivity contribution in [1.29, 1.82) is 0 Å². The Morgan fingerprint density at radius 1 is 1.56 bits per heavy atom. The van der Waals surface area contributed by atoms with Crippen molar-refractivity contribution in [1.82, 2.24) is 9.78 Å². The second kappa shape index (κ2) is 5.83. The van der Waals surface area contributed by atoms with Crippen molar-refractivity contribution in [3.05, 3.63) is 11.8 Å². The molecule has 7 heteroatoms. The molecule has 0 amide bonds. The topological polar surface area (TPSA) is 71.8 Å². The fourth-order valence-corrected chi connectivity index (χ4v) is 1.57. The highest BCUT2D eigenvalue weighted by Crippen LogP contribution is 2.17. The fraction of sp³-hybridized carbons (Fsp3) is 0.636. The molecule has 100 valence electrons. The lowest BCUT2D eigenvalue weighted by Crippen LogP contribution is -2.19. The third-order valence-electron chi connectivity index (χ3n) is 2.34. The van der Waals surface area contributed by atoms with E-state index < -0.39 is 12.3 Å². The highest BCUT2D eigenvalue weighted by molar-refractivity contribution is 5.91. The third-order valence-corrected chi connectivity index (χ3v) is 2.34. The van der Waals surface area contributed by atoms with Gasteiger partial charge in [0.1, 0.15) is 12.2 Å². The standard InChI is InChI=1S/C11H16N2O5/c1-3-15-11(14)8-6-13(2)12-10(8)18-7-9-16-4-5-17-9/h6,9H,3-5,7H2,1-2H3. The number of hydrogen-bond acceptors (Lipinski definition) is 6. The molecule has 0 unspecified atom stereocenters. The van der Waals surface area contributed by atoms with Crippen LogP contribution >= 0.6 is 0 Å². The van der Waals surface area contributed by atoms with Gasteiger partial charge in [-0.2, -0.15) is 0 Å². The van der Waals surface area contributed by atoms with E-state index in [4.69, 9.17) is 18.9 Å². The van der Waals surface area contributed by atoms with Crippen molar-refractivity contribution in [2.75, 3.05) is 26.4 Å². The highest BCUT2D eigenvalue weighted by Gasteiger charge is 2.21. The monoisotopic (exact) mass is 256 g/mol. The maximum absolute atomic E-state index is 11.7. The van der Waals surface area contributed by atoms with E-state index in [1.165, 1.54) is 4.68 Å². The Balaban J connectivity index is 1.99. The molecule has 1 aromatic rings. The summed E-state index contributed by atoms with van der Waals surface area (Å²) in [4.78, 5) is 11.7. The van der Waals surface area contributed by atoms with Gasteiger partial charge in [0.05, 0.1) is 19.8 Å². The average molecular weight is 256 g/mol. The minimum atomic E-state index is -0.450. The first-order valence-electron chi connectivity index (χ1n) is 5.77. The lowest BCUT2D eigenvalue weighted by Gasteiger charge is -2.09. The molecule has 1 aliphatic rings. The molecule has 7 nitrogen and oxygen atoms in total. The first kappa shape index (κ1) is 12.8. The van der Waals surface area contributed by atoms with Gasteiger partial charge in [-0.3, -0.25) is 4.68 Å². The van der Waals surface area contributed by atoms with Crippen molar-refractivity contribution < 1.29 is 23.7 Å². The number of aryl methyl sites for hydroxylation is 1. The van der Waals surface area contributed by atoms with Gasteiger partial charge < -0.3 is 18.9 Å². The number of carbonyl (C=O) groups excluding carboxylic acids is 1. The van der Waals surface area contributed by atoms with Gasteiger partial charge >= 0.3 is 5.97 Å². The lowest BCUT2D eigenvalue weighted by molar-refractivity contribution is -0.0694. The van der Waals surface area contributed by atoms with Crippen LogP contribution in [0.15, 0.2) is 6.20 Å². The van der Waals surface area contributed by atoms with Crippen molar-refractivity contribution in [3.8, 4) is 5.88 Å². The van der Waals surface area contributed by atoms with Crippen molar-refractivity contribution in [2.24, 2.45) is 7.05 Å². The number of aromatic nitrogens is 2. The van der Waals surface area contributed by atoms with Crippen LogP contribution in [0.5, 0.6) is 5.88 Å². The van der Waals surface area contributed by atoms with Crippen LogP contribution in [0, 0.1) is 0 Å². The normalized spacial score (nSPS) is 15.9. The van der Waals surface area contributed by atoms with E-state index in [2.05, 4.69) is 5.10 Å². The van der Waals surface area contributed by atoms with E-state index in [1.54, 1.807) is 20.2 Å². The molecule has 1 fully saturated rings.